The molecule has 0 aromatic carbocycles. The molecule has 0 saturated carbocycles. The predicted octanol–water partition coefficient (Wildman–Crippen LogP) is 2.39. The molecule has 25 heavy (non-hydrogen) atoms. The van der Waals surface area contributed by atoms with Crippen LogP contribution in [0.4, 0.5) is 0 Å². The molecular formula is C19H36N2O4. The molecule has 0 aliphatic heterocycles. The van der Waals surface area contributed by atoms with Crippen LogP contribution in [0.1, 0.15) is 47.0 Å². The maximum atomic E-state index is 11.8. The average Bonchev–Trinajstić information content (AvgIpc) is 2.56. The van der Waals surface area contributed by atoms with E-state index in [0.29, 0.717) is 51.7 Å². The lowest BCUT2D eigenvalue weighted by molar-refractivity contribution is -0.121. The number of nitrogens with zero attached hydrogens (tertiary/aromatic N) is 1. The van der Waals surface area contributed by atoms with Crippen LogP contribution >= 0.6 is 0 Å². The Labute approximate surface area is 152 Å². The van der Waals surface area contributed by atoms with Crippen molar-refractivity contribution in [1.82, 2.24) is 10.2 Å². The summed E-state index contributed by atoms with van der Waals surface area (Å²) < 4.78 is 10.9. The summed E-state index contributed by atoms with van der Waals surface area (Å²) >= 11 is 0. The van der Waals surface area contributed by atoms with Crippen LogP contribution in [0.3, 0.4) is 0 Å². The Morgan fingerprint density at radius 2 is 1.84 bits per heavy atom. The molecule has 146 valence electrons. The summed E-state index contributed by atoms with van der Waals surface area (Å²) in [5.74, 6) is 0.643. The van der Waals surface area contributed by atoms with Crippen molar-refractivity contribution in [3.63, 3.8) is 0 Å². The van der Waals surface area contributed by atoms with Crippen molar-refractivity contribution in [2.45, 2.75) is 52.5 Å². The van der Waals surface area contributed by atoms with Gasteiger partial charge in [0.1, 0.15) is 6.29 Å². The van der Waals surface area contributed by atoms with Crippen molar-refractivity contribution in [2.24, 2.45) is 5.92 Å². The SMILES string of the molecule is C=CN(CCCC(=O)NCCOCCOCCC(C)C)C(C)(C)C=O. The number of ether oxygens (including phenoxy) is 2. The minimum atomic E-state index is -0.594. The second kappa shape index (κ2) is 13.8. The van der Waals surface area contributed by atoms with E-state index in [1.165, 1.54) is 0 Å². The third-order valence-electron chi connectivity index (χ3n) is 3.83. The molecule has 1 amide bonds. The van der Waals surface area contributed by atoms with Crippen molar-refractivity contribution < 1.29 is 19.1 Å². The summed E-state index contributed by atoms with van der Waals surface area (Å²) in [7, 11) is 0. The van der Waals surface area contributed by atoms with Crippen LogP contribution in [0, 0.1) is 5.92 Å². The van der Waals surface area contributed by atoms with E-state index in [1.807, 2.05) is 18.7 Å². The Bertz CT molecular complexity index is 384. The largest absolute Gasteiger partial charge is 0.379 e. The monoisotopic (exact) mass is 356 g/mol. The molecule has 0 aliphatic carbocycles. The van der Waals surface area contributed by atoms with Gasteiger partial charge >= 0.3 is 0 Å². The normalized spacial score (nSPS) is 11.4. The molecule has 1 N–H and O–H groups in total. The fourth-order valence-electron chi connectivity index (χ4n) is 2.08. The van der Waals surface area contributed by atoms with E-state index in [4.69, 9.17) is 9.47 Å². The van der Waals surface area contributed by atoms with Crippen molar-refractivity contribution >= 4 is 12.2 Å². The predicted molar refractivity (Wildman–Crippen MR) is 100 cm³/mol. The van der Waals surface area contributed by atoms with Crippen molar-refractivity contribution in [1.29, 1.82) is 0 Å². The summed E-state index contributed by atoms with van der Waals surface area (Å²) in [6, 6.07) is 0. The lowest BCUT2D eigenvalue weighted by Crippen LogP contribution is -2.42. The van der Waals surface area contributed by atoms with Gasteiger partial charge in [-0.15, -0.1) is 0 Å². The Kier molecular flexibility index (Phi) is 13.1. The number of nitrogens with one attached hydrogen (secondary N) is 1. The Morgan fingerprint density at radius 1 is 1.20 bits per heavy atom. The van der Waals surface area contributed by atoms with E-state index in [1.54, 1.807) is 6.20 Å². The van der Waals surface area contributed by atoms with Gasteiger partial charge in [-0.1, -0.05) is 20.4 Å². The second-order valence-corrected chi connectivity index (χ2v) is 7.01. The summed E-state index contributed by atoms with van der Waals surface area (Å²) in [6.45, 7) is 15.2. The molecule has 0 bridgehead atoms. The first-order valence-corrected chi connectivity index (χ1v) is 9.11. The molecule has 0 unspecified atom stereocenters. The van der Waals surface area contributed by atoms with Gasteiger partial charge in [-0.2, -0.15) is 0 Å². The fourth-order valence-corrected chi connectivity index (χ4v) is 2.08. The molecule has 6 nitrogen and oxygen atoms in total. The van der Waals surface area contributed by atoms with Gasteiger partial charge in [-0.25, -0.2) is 0 Å². The zero-order chi connectivity index (χ0) is 19.1. The molecule has 0 aliphatic rings. The number of amides is 1. The van der Waals surface area contributed by atoms with Gasteiger partial charge in [0.15, 0.2) is 0 Å². The lowest BCUT2D eigenvalue weighted by Gasteiger charge is -2.32. The van der Waals surface area contributed by atoms with E-state index in [0.717, 1.165) is 19.3 Å². The summed E-state index contributed by atoms with van der Waals surface area (Å²) in [5, 5.41) is 2.83. The van der Waals surface area contributed by atoms with Crippen LogP contribution in [-0.2, 0) is 19.1 Å². The van der Waals surface area contributed by atoms with Crippen molar-refractivity contribution in [3.8, 4) is 0 Å². The zero-order valence-electron chi connectivity index (χ0n) is 16.4. The van der Waals surface area contributed by atoms with E-state index in [-0.39, 0.29) is 5.91 Å². The molecule has 0 heterocycles. The van der Waals surface area contributed by atoms with Crippen LogP contribution in [0.5, 0.6) is 0 Å². The number of rotatable bonds is 16. The molecular weight excluding hydrogens is 320 g/mol. The minimum Gasteiger partial charge on any atom is -0.379 e. The Morgan fingerprint density at radius 3 is 2.40 bits per heavy atom. The maximum Gasteiger partial charge on any atom is 0.220 e. The van der Waals surface area contributed by atoms with Gasteiger partial charge in [-0.3, -0.25) is 4.79 Å². The van der Waals surface area contributed by atoms with E-state index in [2.05, 4.69) is 25.7 Å². The van der Waals surface area contributed by atoms with Crippen molar-refractivity contribution in [2.75, 3.05) is 39.5 Å². The summed E-state index contributed by atoms with van der Waals surface area (Å²) in [4.78, 5) is 24.7. The maximum absolute atomic E-state index is 11.8. The highest BCUT2D eigenvalue weighted by Crippen LogP contribution is 2.12. The van der Waals surface area contributed by atoms with Crippen LogP contribution < -0.4 is 5.32 Å². The first-order valence-electron chi connectivity index (χ1n) is 9.11. The number of hydrogen-bond donors (Lipinski definition) is 1. The molecule has 0 radical (unpaired) electrons. The Hall–Kier alpha value is -1.40. The highest BCUT2D eigenvalue weighted by atomic mass is 16.5. The Balaban J connectivity index is 3.59. The third-order valence-corrected chi connectivity index (χ3v) is 3.83. The van der Waals surface area contributed by atoms with Crippen LogP contribution in [0.25, 0.3) is 0 Å². The quantitative estimate of drug-likeness (QED) is 0.340. The smallest absolute Gasteiger partial charge is 0.220 e. The standard InChI is InChI=1S/C19H36N2O4/c1-6-21(19(4,5)16-22)11-7-8-18(23)20-10-13-25-15-14-24-12-9-17(2)3/h6,16-17H,1,7-15H2,2-5H3,(H,20,23). The molecule has 0 atom stereocenters. The van der Waals surface area contributed by atoms with E-state index >= 15 is 0 Å². The first-order chi connectivity index (χ1) is 11.8. The first kappa shape index (κ1) is 23.6. The molecule has 0 spiro atoms. The fraction of sp³-hybridized carbons (Fsp3) is 0.789. The number of aldehydes is 1. The van der Waals surface area contributed by atoms with Gasteiger partial charge in [0.2, 0.25) is 5.91 Å². The van der Waals surface area contributed by atoms with Crippen LogP contribution in [0.2, 0.25) is 0 Å². The topological polar surface area (TPSA) is 67.9 Å². The lowest BCUT2D eigenvalue weighted by atomic mass is 10.1. The van der Waals surface area contributed by atoms with E-state index < -0.39 is 5.54 Å². The highest BCUT2D eigenvalue weighted by molar-refractivity contribution is 5.75. The molecule has 0 aromatic heterocycles. The number of hydrogen-bond acceptors (Lipinski definition) is 5. The summed E-state index contributed by atoms with van der Waals surface area (Å²) in [5.41, 5.74) is -0.594. The van der Waals surface area contributed by atoms with Crippen molar-refractivity contribution in [3.05, 3.63) is 12.8 Å². The van der Waals surface area contributed by atoms with Gasteiger partial charge in [0.05, 0.1) is 25.4 Å². The molecule has 0 fully saturated rings. The average molecular weight is 357 g/mol. The molecule has 0 saturated heterocycles. The molecule has 0 aromatic rings. The molecule has 0 rings (SSSR count). The number of carbonyl (C=O) groups is 2. The third kappa shape index (κ3) is 12.6. The number of carbonyl (C=O) groups excluding carboxylic acids is 2. The second-order valence-electron chi connectivity index (χ2n) is 7.01. The van der Waals surface area contributed by atoms with Crippen LogP contribution in [0.15, 0.2) is 12.8 Å². The van der Waals surface area contributed by atoms with Crippen LogP contribution in [-0.4, -0.2) is 62.1 Å². The van der Waals surface area contributed by atoms with E-state index in [9.17, 15) is 9.59 Å². The highest BCUT2D eigenvalue weighted by Gasteiger charge is 2.22. The van der Waals surface area contributed by atoms with Gasteiger partial charge < -0.3 is 24.5 Å². The zero-order valence-corrected chi connectivity index (χ0v) is 16.4. The van der Waals surface area contributed by atoms with Gasteiger partial charge in [-0.05, 0) is 38.8 Å². The summed E-state index contributed by atoms with van der Waals surface area (Å²) in [6.07, 6.45) is 4.67. The minimum absolute atomic E-state index is 0.00953. The molecule has 6 heteroatoms. The van der Waals surface area contributed by atoms with Gasteiger partial charge in [0, 0.05) is 26.1 Å². The van der Waals surface area contributed by atoms with Gasteiger partial charge in [0.25, 0.3) is 0 Å².